The van der Waals surface area contributed by atoms with Gasteiger partial charge in [-0.2, -0.15) is 4.31 Å². The van der Waals surface area contributed by atoms with E-state index in [2.05, 4.69) is 5.32 Å². The van der Waals surface area contributed by atoms with Crippen LogP contribution < -0.4 is 5.32 Å². The van der Waals surface area contributed by atoms with Gasteiger partial charge in [0, 0.05) is 11.9 Å². The van der Waals surface area contributed by atoms with Crippen LogP contribution in [0.25, 0.3) is 0 Å². The highest BCUT2D eigenvalue weighted by atomic mass is 32.2. The second-order valence-corrected chi connectivity index (χ2v) is 10.1. The lowest BCUT2D eigenvalue weighted by molar-refractivity contribution is -0.116. The van der Waals surface area contributed by atoms with Crippen molar-refractivity contribution in [3.05, 3.63) is 24.3 Å². The van der Waals surface area contributed by atoms with Crippen LogP contribution in [0.3, 0.4) is 0 Å². The van der Waals surface area contributed by atoms with Crippen LogP contribution in [-0.4, -0.2) is 44.2 Å². The molecule has 2 rings (SSSR count). The van der Waals surface area contributed by atoms with Gasteiger partial charge >= 0.3 is 0 Å². The van der Waals surface area contributed by atoms with Crippen molar-refractivity contribution in [3.63, 3.8) is 0 Å². The SMILES string of the molecule is CSc1ccccc1NC(=O)CN(C)S(=O)(=O)CC1(C)CCCCC1. The van der Waals surface area contributed by atoms with E-state index >= 15 is 0 Å². The number of benzene rings is 1. The van der Waals surface area contributed by atoms with Crippen molar-refractivity contribution in [2.24, 2.45) is 5.41 Å². The Bertz CT molecular complexity index is 698. The molecular weight excluding hydrogens is 356 g/mol. The Hall–Kier alpha value is -1.05. The van der Waals surface area contributed by atoms with Gasteiger partial charge in [-0.25, -0.2) is 8.42 Å². The van der Waals surface area contributed by atoms with Crippen LogP contribution in [0.5, 0.6) is 0 Å². The molecule has 0 radical (unpaired) electrons. The van der Waals surface area contributed by atoms with Crippen LogP contribution in [0.1, 0.15) is 39.0 Å². The highest BCUT2D eigenvalue weighted by Crippen LogP contribution is 2.37. The first-order valence-corrected chi connectivity index (χ1v) is 11.5. The van der Waals surface area contributed by atoms with E-state index in [1.54, 1.807) is 0 Å². The first-order chi connectivity index (χ1) is 11.8. The Morgan fingerprint density at radius 1 is 1.24 bits per heavy atom. The lowest BCUT2D eigenvalue weighted by Crippen LogP contribution is -2.41. The molecular formula is C18H28N2O3S2. The minimum absolute atomic E-state index is 0.116. The number of carbonyl (C=O) groups excluding carboxylic acids is 1. The third-order valence-electron chi connectivity index (χ3n) is 4.81. The van der Waals surface area contributed by atoms with Gasteiger partial charge in [0.1, 0.15) is 0 Å². The molecule has 0 atom stereocenters. The third-order valence-corrected chi connectivity index (χ3v) is 7.75. The first kappa shape index (κ1) is 20.3. The largest absolute Gasteiger partial charge is 0.324 e. The lowest BCUT2D eigenvalue weighted by atomic mass is 9.77. The molecule has 0 saturated heterocycles. The van der Waals surface area contributed by atoms with Crippen LogP contribution >= 0.6 is 11.8 Å². The number of carbonyl (C=O) groups is 1. The zero-order valence-corrected chi connectivity index (χ0v) is 16.9. The van der Waals surface area contributed by atoms with Crippen LogP contribution in [0, 0.1) is 5.41 Å². The molecule has 0 heterocycles. The van der Waals surface area contributed by atoms with E-state index in [1.165, 1.54) is 29.5 Å². The number of anilines is 1. The molecule has 1 saturated carbocycles. The van der Waals surface area contributed by atoms with E-state index in [0.717, 1.165) is 30.6 Å². The summed E-state index contributed by atoms with van der Waals surface area (Å²) >= 11 is 1.54. The summed E-state index contributed by atoms with van der Waals surface area (Å²) in [6.07, 6.45) is 7.17. The summed E-state index contributed by atoms with van der Waals surface area (Å²) in [6, 6.07) is 7.49. The van der Waals surface area contributed by atoms with Crippen molar-refractivity contribution in [1.29, 1.82) is 0 Å². The Kier molecular flexibility index (Phi) is 6.93. The van der Waals surface area contributed by atoms with Crippen LogP contribution in [0.2, 0.25) is 0 Å². The van der Waals surface area contributed by atoms with Crippen molar-refractivity contribution >= 4 is 33.4 Å². The number of nitrogens with zero attached hydrogens (tertiary/aromatic N) is 1. The zero-order chi connectivity index (χ0) is 18.5. The topological polar surface area (TPSA) is 66.5 Å². The van der Waals surface area contributed by atoms with E-state index in [9.17, 15) is 13.2 Å². The summed E-state index contributed by atoms with van der Waals surface area (Å²) in [6.45, 7) is 1.88. The second-order valence-electron chi connectivity index (χ2n) is 7.13. The number of hydrogen-bond donors (Lipinski definition) is 1. The molecule has 1 aromatic rings. The fraction of sp³-hybridized carbons (Fsp3) is 0.611. The molecule has 0 spiro atoms. The van der Waals surface area contributed by atoms with Gasteiger partial charge in [-0.15, -0.1) is 11.8 Å². The van der Waals surface area contributed by atoms with Crippen LogP contribution in [0.15, 0.2) is 29.2 Å². The Morgan fingerprint density at radius 3 is 2.52 bits per heavy atom. The molecule has 1 aliphatic rings. The highest BCUT2D eigenvalue weighted by molar-refractivity contribution is 7.98. The van der Waals surface area contributed by atoms with Crippen molar-refractivity contribution < 1.29 is 13.2 Å². The number of likely N-dealkylation sites (N-methyl/N-ethyl adjacent to an activating group) is 1. The molecule has 1 aromatic carbocycles. The molecule has 1 amide bonds. The normalized spacial score (nSPS) is 17.4. The lowest BCUT2D eigenvalue weighted by Gasteiger charge is -2.34. The molecule has 140 valence electrons. The molecule has 0 aliphatic heterocycles. The van der Waals surface area contributed by atoms with Gasteiger partial charge in [0.15, 0.2) is 0 Å². The van der Waals surface area contributed by atoms with E-state index in [1.807, 2.05) is 37.4 Å². The number of rotatable bonds is 7. The maximum atomic E-state index is 12.7. The van der Waals surface area contributed by atoms with E-state index in [-0.39, 0.29) is 23.6 Å². The summed E-state index contributed by atoms with van der Waals surface area (Å²) in [7, 11) is -1.97. The van der Waals surface area contributed by atoms with E-state index in [0.29, 0.717) is 5.69 Å². The molecule has 0 bridgehead atoms. The molecule has 1 N–H and O–H groups in total. The molecule has 7 heteroatoms. The van der Waals surface area contributed by atoms with E-state index < -0.39 is 10.0 Å². The van der Waals surface area contributed by atoms with Gasteiger partial charge in [0.25, 0.3) is 0 Å². The Labute approximate surface area is 155 Å². The standard InChI is InChI=1S/C18H28N2O3S2/c1-18(11-7-4-8-12-18)14-25(22,23)20(2)13-17(21)19-15-9-5-6-10-16(15)24-3/h5-6,9-10H,4,7-8,11-14H2,1-3H3,(H,19,21). The summed E-state index contributed by atoms with van der Waals surface area (Å²) in [5.41, 5.74) is 0.540. The fourth-order valence-electron chi connectivity index (χ4n) is 3.34. The molecule has 0 unspecified atom stereocenters. The van der Waals surface area contributed by atoms with Gasteiger partial charge in [0.05, 0.1) is 18.0 Å². The van der Waals surface area contributed by atoms with Gasteiger partial charge < -0.3 is 5.32 Å². The number of para-hydroxylation sites is 1. The third kappa shape index (κ3) is 5.72. The fourth-order valence-corrected chi connectivity index (χ4v) is 5.60. The molecule has 0 aromatic heterocycles. The predicted molar refractivity (Wildman–Crippen MR) is 104 cm³/mol. The maximum Gasteiger partial charge on any atom is 0.239 e. The van der Waals surface area contributed by atoms with Gasteiger partial charge in [-0.3, -0.25) is 4.79 Å². The van der Waals surface area contributed by atoms with Crippen molar-refractivity contribution in [1.82, 2.24) is 4.31 Å². The monoisotopic (exact) mass is 384 g/mol. The number of hydrogen-bond acceptors (Lipinski definition) is 4. The molecule has 25 heavy (non-hydrogen) atoms. The molecule has 1 fully saturated rings. The van der Waals surface area contributed by atoms with Crippen LogP contribution in [-0.2, 0) is 14.8 Å². The smallest absolute Gasteiger partial charge is 0.239 e. The molecule has 5 nitrogen and oxygen atoms in total. The molecule has 1 aliphatic carbocycles. The summed E-state index contributed by atoms with van der Waals surface area (Å²) < 4.78 is 26.5. The predicted octanol–water partition coefficient (Wildman–Crippen LogP) is 3.58. The van der Waals surface area contributed by atoms with Crippen LogP contribution in [0.4, 0.5) is 5.69 Å². The number of amides is 1. The summed E-state index contributed by atoms with van der Waals surface area (Å²) in [4.78, 5) is 13.2. The van der Waals surface area contributed by atoms with Gasteiger partial charge in [-0.1, -0.05) is 38.3 Å². The number of nitrogens with one attached hydrogen (secondary N) is 1. The Morgan fingerprint density at radius 2 is 1.88 bits per heavy atom. The van der Waals surface area contributed by atoms with Crippen molar-refractivity contribution in [3.8, 4) is 0 Å². The average molecular weight is 385 g/mol. The number of thioether (sulfide) groups is 1. The highest BCUT2D eigenvalue weighted by Gasteiger charge is 2.34. The van der Waals surface area contributed by atoms with Gasteiger partial charge in [0.2, 0.25) is 15.9 Å². The summed E-state index contributed by atoms with van der Waals surface area (Å²) in [5.74, 6) is -0.202. The summed E-state index contributed by atoms with van der Waals surface area (Å²) in [5, 5.41) is 2.81. The van der Waals surface area contributed by atoms with Gasteiger partial charge in [-0.05, 0) is 36.6 Å². The second kappa shape index (κ2) is 8.56. The average Bonchev–Trinajstić information content (AvgIpc) is 2.54. The first-order valence-electron chi connectivity index (χ1n) is 8.63. The van der Waals surface area contributed by atoms with Crippen molar-refractivity contribution in [2.75, 3.05) is 30.9 Å². The van der Waals surface area contributed by atoms with E-state index in [4.69, 9.17) is 0 Å². The zero-order valence-electron chi connectivity index (χ0n) is 15.2. The maximum absolute atomic E-state index is 12.7. The Balaban J connectivity index is 1.97. The minimum Gasteiger partial charge on any atom is -0.324 e. The van der Waals surface area contributed by atoms with Crippen molar-refractivity contribution in [2.45, 2.75) is 43.9 Å². The minimum atomic E-state index is -3.45. The quantitative estimate of drug-likeness (QED) is 0.730. The number of sulfonamides is 1.